The van der Waals surface area contributed by atoms with Gasteiger partial charge in [-0.1, -0.05) is 0 Å². The van der Waals surface area contributed by atoms with Crippen molar-refractivity contribution in [2.24, 2.45) is 0 Å². The van der Waals surface area contributed by atoms with Crippen molar-refractivity contribution in [1.29, 1.82) is 0 Å². The van der Waals surface area contributed by atoms with Crippen LogP contribution in [-0.2, 0) is 143 Å². The van der Waals surface area contributed by atoms with Gasteiger partial charge in [0, 0.05) is 37.1 Å². The van der Waals surface area contributed by atoms with E-state index in [4.69, 9.17) is 79.6 Å². The second-order valence-electron chi connectivity index (χ2n) is 2.04. The molecule has 0 aliphatic carbocycles. The minimum Gasteiger partial charge on any atom is 0 e. The summed E-state index contributed by atoms with van der Waals surface area (Å²) < 4.78 is 172. The van der Waals surface area contributed by atoms with E-state index in [1.807, 2.05) is 0 Å². The van der Waals surface area contributed by atoms with Gasteiger partial charge in [-0.05, 0) is 0 Å². The van der Waals surface area contributed by atoms with E-state index in [0.29, 0.717) is 0 Å². The first kappa shape index (κ1) is 46.6. The molecular weight excluding hydrogens is 682 g/mol. The molecule has 0 rings (SSSR count). The average Bonchev–Trinajstić information content (AvgIpc) is 1.79. The van der Waals surface area contributed by atoms with Crippen molar-refractivity contribution in [3.8, 4) is 0 Å². The van der Waals surface area contributed by atoms with Gasteiger partial charge in [-0.15, -0.1) is 0 Å². The molecule has 0 bridgehead atoms. The second-order valence-corrected chi connectivity index (χ2v) is 8.42. The number of hydrogen-bond donors (Lipinski definition) is 0. The summed E-state index contributed by atoms with van der Waals surface area (Å²) >= 11 is -28.8. The molecule has 170 valence electrons. The zero-order valence-corrected chi connectivity index (χ0v) is 20.3. The fraction of sp³-hybridized carbons (Fsp3) is 0. The van der Waals surface area contributed by atoms with Gasteiger partial charge in [0.15, 0.2) is 0 Å². The summed E-state index contributed by atoms with van der Waals surface area (Å²) in [5.41, 5.74) is 0. The van der Waals surface area contributed by atoms with E-state index in [1.54, 1.807) is 0 Å². The van der Waals surface area contributed by atoms with E-state index >= 15 is 0 Å². The van der Waals surface area contributed by atoms with Gasteiger partial charge >= 0.3 is 148 Å². The molecule has 0 atom stereocenters. The van der Waals surface area contributed by atoms with Gasteiger partial charge in [-0.25, -0.2) is 0 Å². The minimum absolute atomic E-state index is 0. The Morgan fingerprint density at radius 2 is 0.259 bits per heavy atom. The van der Waals surface area contributed by atoms with E-state index in [0.717, 1.165) is 0 Å². The zero-order chi connectivity index (χ0) is 22.5. The van der Waals surface area contributed by atoms with Crippen LogP contribution in [0.15, 0.2) is 0 Å². The first-order valence-corrected chi connectivity index (χ1v) is 13.7. The molecule has 27 heteroatoms. The van der Waals surface area contributed by atoms with Gasteiger partial charge < -0.3 is 0 Å². The van der Waals surface area contributed by atoms with Crippen molar-refractivity contribution in [3.63, 3.8) is 0 Å². The predicted octanol–water partition coefficient (Wildman–Crippen LogP) is -13.1. The molecule has 0 spiro atoms. The van der Waals surface area contributed by atoms with Gasteiger partial charge in [0.25, 0.3) is 0 Å². The third-order valence-corrected chi connectivity index (χ3v) is 0. The number of rotatable bonds is 0. The topological polar surface area (TPSA) is 401 Å². The van der Waals surface area contributed by atoms with E-state index in [2.05, 4.69) is 0 Å². The Balaban J connectivity index is -0.0000000364. The maximum absolute atomic E-state index is 8.59. The summed E-state index contributed by atoms with van der Waals surface area (Å²) in [4.78, 5) is 0. The first-order valence-electron chi connectivity index (χ1n) is 3.33. The van der Waals surface area contributed by atoms with Crippen molar-refractivity contribution in [1.82, 2.24) is 0 Å². The van der Waals surface area contributed by atoms with Crippen molar-refractivity contribution >= 4 is 0 Å². The maximum atomic E-state index is 8.59. The van der Waals surface area contributed by atoms with Crippen LogP contribution in [0.3, 0.4) is 0 Å². The van der Waals surface area contributed by atoms with Gasteiger partial charge in [-0.3, -0.25) is 0 Å². The third kappa shape index (κ3) is 8660. The van der Waals surface area contributed by atoms with Gasteiger partial charge in [-0.2, -0.15) is 0 Å². The Labute approximate surface area is 183 Å². The van der Waals surface area contributed by atoms with E-state index in [1.165, 1.54) is 0 Å². The van der Waals surface area contributed by atoms with Gasteiger partial charge in [0.2, 0.25) is 0 Å². The van der Waals surface area contributed by atoms with Crippen molar-refractivity contribution in [3.05, 3.63) is 0 Å². The molecule has 0 aliphatic rings. The summed E-state index contributed by atoms with van der Waals surface area (Å²) in [6, 6.07) is 0. The van der Waals surface area contributed by atoms with E-state index < -0.39 is 68.1 Å². The summed E-state index contributed by atoms with van der Waals surface area (Å²) in [6.45, 7) is 0. The van der Waals surface area contributed by atoms with Crippen LogP contribution in [-0.4, -0.2) is 0 Å². The Bertz CT molecular complexity index is 619. The predicted molar refractivity (Wildman–Crippen MR) is 6.86 cm³/mol. The van der Waals surface area contributed by atoms with Crippen molar-refractivity contribution in [2.45, 2.75) is 0 Å². The van der Waals surface area contributed by atoms with E-state index in [9.17, 15) is 0 Å². The van der Waals surface area contributed by atoms with Gasteiger partial charge in [0.05, 0.1) is 0 Å². The molecule has 0 aliphatic heterocycles. The average molecular weight is 682 g/mol. The Morgan fingerprint density at radius 3 is 0.259 bits per heavy atom. The molecule has 0 unspecified atom stereocenters. The van der Waals surface area contributed by atoms with Crippen LogP contribution in [0.2, 0.25) is 0 Å². The maximum Gasteiger partial charge on any atom is 0 e. The third-order valence-electron chi connectivity index (χ3n) is 0. The molecule has 27 heavy (non-hydrogen) atoms. The first-order chi connectivity index (χ1) is 10.0. The Morgan fingerprint density at radius 1 is 0.259 bits per heavy atom. The SMILES string of the molecule is [O]=[Cr](=[O])([O-])[O-].[O]=[Cr](=[O])([O-])[O-].[O]=[Cr](=[O])([O-])[O-].[O]=[Cr](=[O])([O-])[O-].[O]=[Cr](=[O])([O-])[O-].[V].[V]. The molecule has 0 saturated heterocycles. The molecule has 0 amide bonds. The summed E-state index contributed by atoms with van der Waals surface area (Å²) in [6.07, 6.45) is 0. The summed E-state index contributed by atoms with van der Waals surface area (Å²) in [5, 5.41) is 0. The molecule has 0 aromatic rings. The Kier molecular flexibility index (Phi) is 33.5. The molecule has 0 N–H and O–H groups in total. The smallest absolute Gasteiger partial charge is 0 e. The van der Waals surface area contributed by atoms with Gasteiger partial charge in [0.1, 0.15) is 0 Å². The fourth-order valence-electron chi connectivity index (χ4n) is 0. The molecule has 0 fully saturated rings. The van der Waals surface area contributed by atoms with Crippen LogP contribution in [0.25, 0.3) is 0 Å². The Hall–Kier alpha value is 1.43. The normalized spacial score (nSPS) is 10.7. The minimum atomic E-state index is -5.75. The molecule has 0 aromatic carbocycles. The van der Waals surface area contributed by atoms with Crippen LogP contribution in [0.4, 0.5) is 0 Å². The van der Waals surface area contributed by atoms with E-state index in [-0.39, 0.29) is 37.1 Å². The summed E-state index contributed by atoms with van der Waals surface area (Å²) in [7, 11) is 0. The summed E-state index contributed by atoms with van der Waals surface area (Å²) in [5.74, 6) is 0. The van der Waals surface area contributed by atoms with Crippen LogP contribution in [0, 0.1) is 0 Å². The van der Waals surface area contributed by atoms with Crippen LogP contribution >= 0.6 is 0 Å². The van der Waals surface area contributed by atoms with Crippen LogP contribution < -0.4 is 41.6 Å². The number of hydrogen-bond acceptors (Lipinski definition) is 20. The molecular formula is Cr5O20V2-10. The quantitative estimate of drug-likeness (QED) is 0.229. The van der Waals surface area contributed by atoms with Crippen molar-refractivity contribution < 1.29 is 185 Å². The zero-order valence-electron chi connectivity index (χ0n) is 11.1. The monoisotopic (exact) mass is 681 g/mol. The van der Waals surface area contributed by atoms with Crippen molar-refractivity contribution in [2.75, 3.05) is 0 Å². The van der Waals surface area contributed by atoms with Crippen LogP contribution in [0.1, 0.15) is 0 Å². The molecule has 0 saturated carbocycles. The van der Waals surface area contributed by atoms with Crippen LogP contribution in [0.5, 0.6) is 0 Å². The fourth-order valence-corrected chi connectivity index (χ4v) is 0. The second kappa shape index (κ2) is 19.4. The molecule has 0 aromatic heterocycles. The molecule has 2 radical (unpaired) electrons. The standard InChI is InChI=1S/5Cr.20O.2V/q;;;;;;;;;;;;;;;10*-1;;. The molecule has 20 nitrogen and oxygen atoms in total. The largest absolute Gasteiger partial charge is 0 e. The molecule has 0 heterocycles.